The third-order valence-electron chi connectivity index (χ3n) is 3.88. The zero-order valence-electron chi connectivity index (χ0n) is 15.6. The van der Waals surface area contributed by atoms with Gasteiger partial charge in [-0.15, -0.1) is 0 Å². The third-order valence-corrected chi connectivity index (χ3v) is 5.01. The van der Waals surface area contributed by atoms with Gasteiger partial charge in [-0.25, -0.2) is 13.4 Å². The molecule has 0 radical (unpaired) electrons. The summed E-state index contributed by atoms with van der Waals surface area (Å²) in [7, 11) is -3.16. The van der Waals surface area contributed by atoms with Gasteiger partial charge in [0.25, 0.3) is 0 Å². The van der Waals surface area contributed by atoms with Crippen molar-refractivity contribution in [1.29, 1.82) is 5.26 Å². The molecule has 2 rings (SSSR count). The number of aliphatic imine (C=N–C) groups is 1. The molecule has 0 bridgehead atoms. The second kappa shape index (κ2) is 9.74. The van der Waals surface area contributed by atoms with E-state index in [2.05, 4.69) is 21.7 Å². The van der Waals surface area contributed by atoms with Crippen LogP contribution in [0.4, 0.5) is 0 Å². The average Bonchev–Trinajstić information content (AvgIpc) is 2.66. The normalized spacial score (nSPS) is 11.7. The molecule has 0 unspecified atom stereocenters. The summed E-state index contributed by atoms with van der Waals surface area (Å²) in [5.41, 5.74) is 2.65. The van der Waals surface area contributed by atoms with E-state index in [1.807, 2.05) is 37.3 Å². The van der Waals surface area contributed by atoms with Crippen molar-refractivity contribution in [3.05, 3.63) is 65.2 Å². The van der Waals surface area contributed by atoms with E-state index in [1.54, 1.807) is 18.2 Å². The van der Waals surface area contributed by atoms with Crippen LogP contribution in [0, 0.1) is 11.3 Å². The molecule has 142 valence electrons. The van der Waals surface area contributed by atoms with E-state index in [-0.39, 0.29) is 0 Å². The summed E-state index contributed by atoms with van der Waals surface area (Å²) < 4.78 is 23.0. The van der Waals surface area contributed by atoms with Gasteiger partial charge in [0.1, 0.15) is 0 Å². The molecule has 27 heavy (non-hydrogen) atoms. The summed E-state index contributed by atoms with van der Waals surface area (Å²) in [6.07, 6.45) is 1.95. The predicted octanol–water partition coefficient (Wildman–Crippen LogP) is 2.26. The maximum absolute atomic E-state index is 11.5. The molecule has 0 spiro atoms. The van der Waals surface area contributed by atoms with Gasteiger partial charge in [0, 0.05) is 19.3 Å². The Morgan fingerprint density at radius 3 is 2.48 bits per heavy atom. The molecule has 2 aromatic carbocycles. The number of benzene rings is 2. The van der Waals surface area contributed by atoms with E-state index in [9.17, 15) is 8.42 Å². The minimum absolute atomic E-state index is 0.328. The Bertz CT molecular complexity index is 929. The van der Waals surface area contributed by atoms with Crippen LogP contribution in [-0.2, 0) is 22.8 Å². The maximum atomic E-state index is 11.5. The van der Waals surface area contributed by atoms with E-state index in [0.717, 1.165) is 24.1 Å². The number of sulfone groups is 1. The molecule has 2 N–H and O–H groups in total. The van der Waals surface area contributed by atoms with Gasteiger partial charge in [-0.1, -0.05) is 24.3 Å². The average molecular weight is 385 g/mol. The Morgan fingerprint density at radius 2 is 1.85 bits per heavy atom. The summed E-state index contributed by atoms with van der Waals surface area (Å²) in [6.45, 7) is 3.89. The summed E-state index contributed by atoms with van der Waals surface area (Å²) in [5.74, 6) is 0.701. The second-order valence-corrected chi connectivity index (χ2v) is 8.12. The number of guanidine groups is 1. The van der Waals surface area contributed by atoms with Gasteiger partial charge in [0.15, 0.2) is 15.8 Å². The van der Waals surface area contributed by atoms with Crippen LogP contribution in [0.3, 0.4) is 0 Å². The van der Waals surface area contributed by atoms with Crippen LogP contribution in [0.1, 0.15) is 23.6 Å². The van der Waals surface area contributed by atoms with Crippen LogP contribution < -0.4 is 10.6 Å². The van der Waals surface area contributed by atoms with E-state index in [0.29, 0.717) is 29.5 Å². The summed E-state index contributed by atoms with van der Waals surface area (Å²) in [5, 5.41) is 15.4. The molecule has 6 nitrogen and oxygen atoms in total. The fourth-order valence-electron chi connectivity index (χ4n) is 2.48. The summed E-state index contributed by atoms with van der Waals surface area (Å²) >= 11 is 0. The van der Waals surface area contributed by atoms with Gasteiger partial charge < -0.3 is 10.6 Å². The van der Waals surface area contributed by atoms with E-state index >= 15 is 0 Å². The molecule has 0 fully saturated rings. The topological polar surface area (TPSA) is 94.3 Å². The highest BCUT2D eigenvalue weighted by Gasteiger charge is 2.06. The minimum Gasteiger partial charge on any atom is -0.357 e. The number of nitrogens with one attached hydrogen (secondary N) is 2. The van der Waals surface area contributed by atoms with Gasteiger partial charge in [-0.3, -0.25) is 0 Å². The Morgan fingerprint density at radius 1 is 1.11 bits per heavy atom. The molecular weight excluding hydrogens is 360 g/mol. The zero-order valence-corrected chi connectivity index (χ0v) is 16.4. The predicted molar refractivity (Wildman–Crippen MR) is 107 cm³/mol. The highest BCUT2D eigenvalue weighted by Crippen LogP contribution is 2.10. The number of nitriles is 1. The first kappa shape index (κ1) is 20.5. The molecular formula is C20H24N4O2S. The maximum Gasteiger partial charge on any atom is 0.191 e. The van der Waals surface area contributed by atoms with Crippen LogP contribution in [0.15, 0.2) is 58.4 Å². The zero-order chi connectivity index (χ0) is 19.7. The van der Waals surface area contributed by atoms with E-state index < -0.39 is 9.84 Å². The van der Waals surface area contributed by atoms with Gasteiger partial charge in [-0.05, 0) is 48.7 Å². The van der Waals surface area contributed by atoms with Crippen LogP contribution in [0.2, 0.25) is 0 Å². The first-order valence-electron chi connectivity index (χ1n) is 8.72. The molecule has 0 saturated heterocycles. The highest BCUT2D eigenvalue weighted by molar-refractivity contribution is 7.90. The lowest BCUT2D eigenvalue weighted by molar-refractivity contribution is 0.602. The summed E-state index contributed by atoms with van der Waals surface area (Å²) in [6, 6.07) is 16.4. The fraction of sp³-hybridized carbons (Fsp3) is 0.300. The van der Waals surface area contributed by atoms with Crippen LogP contribution in [0.5, 0.6) is 0 Å². The molecule has 0 aliphatic rings. The molecule has 0 amide bonds. The molecule has 2 aromatic rings. The lowest BCUT2D eigenvalue weighted by Gasteiger charge is -2.11. The number of nitrogens with zero attached hydrogens (tertiary/aromatic N) is 2. The molecule has 0 aromatic heterocycles. The van der Waals surface area contributed by atoms with E-state index in [1.165, 1.54) is 6.26 Å². The molecule has 0 heterocycles. The van der Waals surface area contributed by atoms with Crippen LogP contribution >= 0.6 is 0 Å². The monoisotopic (exact) mass is 384 g/mol. The van der Waals surface area contributed by atoms with Crippen molar-refractivity contribution in [2.24, 2.45) is 4.99 Å². The van der Waals surface area contributed by atoms with Gasteiger partial charge in [-0.2, -0.15) is 5.26 Å². The van der Waals surface area contributed by atoms with Crippen molar-refractivity contribution in [1.82, 2.24) is 10.6 Å². The first-order valence-corrected chi connectivity index (χ1v) is 10.6. The van der Waals surface area contributed by atoms with Crippen LogP contribution in [-0.4, -0.2) is 33.7 Å². The molecule has 7 heteroatoms. The summed E-state index contributed by atoms with van der Waals surface area (Å²) in [4.78, 5) is 4.87. The number of rotatable bonds is 7. The molecule has 0 saturated carbocycles. The van der Waals surface area contributed by atoms with Crippen molar-refractivity contribution in [3.8, 4) is 6.07 Å². The van der Waals surface area contributed by atoms with Gasteiger partial charge in [0.2, 0.25) is 0 Å². The SMILES string of the molecule is CCNC(=NCc1cccc(C#N)c1)NCCc1ccc(S(C)(=O)=O)cc1. The van der Waals surface area contributed by atoms with Crippen molar-refractivity contribution in [3.63, 3.8) is 0 Å². The van der Waals surface area contributed by atoms with Crippen LogP contribution in [0.25, 0.3) is 0 Å². The third kappa shape index (κ3) is 6.76. The standard InChI is InChI=1S/C20H24N4O2S/c1-3-22-20(24-15-18-6-4-5-17(13-18)14-21)23-12-11-16-7-9-19(10-8-16)27(2,25)26/h4-10,13H,3,11-12,15H2,1-2H3,(H2,22,23,24). The quantitative estimate of drug-likeness (QED) is 0.564. The van der Waals surface area contributed by atoms with Gasteiger partial charge >= 0.3 is 0 Å². The largest absolute Gasteiger partial charge is 0.357 e. The number of hydrogen-bond acceptors (Lipinski definition) is 4. The van der Waals surface area contributed by atoms with Crippen molar-refractivity contribution < 1.29 is 8.42 Å². The van der Waals surface area contributed by atoms with Gasteiger partial charge in [0.05, 0.1) is 23.1 Å². The second-order valence-electron chi connectivity index (χ2n) is 6.10. The molecule has 0 aliphatic heterocycles. The Balaban J connectivity index is 1.93. The highest BCUT2D eigenvalue weighted by atomic mass is 32.2. The number of hydrogen-bond donors (Lipinski definition) is 2. The molecule has 0 atom stereocenters. The fourth-order valence-corrected chi connectivity index (χ4v) is 3.11. The Hall–Kier alpha value is -2.85. The first-order chi connectivity index (χ1) is 12.9. The Labute approximate surface area is 160 Å². The van der Waals surface area contributed by atoms with E-state index in [4.69, 9.17) is 5.26 Å². The van der Waals surface area contributed by atoms with Crippen molar-refractivity contribution in [2.75, 3.05) is 19.3 Å². The minimum atomic E-state index is -3.16. The lowest BCUT2D eigenvalue weighted by Crippen LogP contribution is -2.38. The molecule has 0 aliphatic carbocycles. The lowest BCUT2D eigenvalue weighted by atomic mass is 10.1. The Kier molecular flexibility index (Phi) is 7.38. The van der Waals surface area contributed by atoms with Crippen molar-refractivity contribution in [2.45, 2.75) is 24.8 Å². The van der Waals surface area contributed by atoms with Crippen molar-refractivity contribution >= 4 is 15.8 Å². The smallest absolute Gasteiger partial charge is 0.191 e.